The van der Waals surface area contributed by atoms with Crippen LogP contribution in [0.3, 0.4) is 0 Å². The normalized spacial score (nSPS) is 25.3. The number of carbonyl (C=O) groups is 2. The molecule has 0 radical (unpaired) electrons. The number of nitrogens with zero attached hydrogens (tertiary/aromatic N) is 1. The highest BCUT2D eigenvalue weighted by atomic mass is 79.9. The first-order chi connectivity index (χ1) is 18.8. The van der Waals surface area contributed by atoms with E-state index in [0.717, 1.165) is 15.4 Å². The number of benzene rings is 3. The zero-order valence-corrected chi connectivity index (χ0v) is 23.4. The van der Waals surface area contributed by atoms with Gasteiger partial charge in [-0.2, -0.15) is 0 Å². The second-order valence-electron chi connectivity index (χ2n) is 9.73. The maximum atomic E-state index is 13.3. The summed E-state index contributed by atoms with van der Waals surface area (Å²) in [6.07, 6.45) is -5.93. The molecule has 2 amide bonds. The van der Waals surface area contributed by atoms with Crippen molar-refractivity contribution < 1.29 is 34.4 Å². The number of imide groups is 1. The van der Waals surface area contributed by atoms with Crippen molar-refractivity contribution in [1.82, 2.24) is 14.9 Å². The highest BCUT2D eigenvalue weighted by Crippen LogP contribution is 2.48. The minimum atomic E-state index is -1.46. The predicted octanol–water partition coefficient (Wildman–Crippen LogP) is 3.46. The molecule has 0 unspecified atom stereocenters. The summed E-state index contributed by atoms with van der Waals surface area (Å²) in [6, 6.07) is 11.0. The van der Waals surface area contributed by atoms with Gasteiger partial charge in [0.25, 0.3) is 11.8 Å². The molecule has 2 aliphatic rings. The molecule has 0 saturated carbocycles. The van der Waals surface area contributed by atoms with E-state index in [-0.39, 0.29) is 11.1 Å². The summed E-state index contributed by atoms with van der Waals surface area (Å²) >= 11 is 7.21. The molecule has 0 spiro atoms. The van der Waals surface area contributed by atoms with E-state index < -0.39 is 49.1 Å². The fourth-order valence-corrected chi connectivity index (χ4v) is 7.22. The molecule has 2 aliphatic heterocycles. The number of aliphatic hydroxyl groups is 3. The van der Waals surface area contributed by atoms with E-state index in [1.807, 2.05) is 36.4 Å². The summed E-state index contributed by atoms with van der Waals surface area (Å²) in [5.41, 5.74) is 2.85. The summed E-state index contributed by atoms with van der Waals surface area (Å²) in [5.74, 6) is -1.02. The number of rotatable bonds is 3. The number of nitrogens with one attached hydrogen (secondary N) is 2. The van der Waals surface area contributed by atoms with Gasteiger partial charge < -0.3 is 34.3 Å². The molecular formula is C27H21Br2N3O7. The monoisotopic (exact) mass is 657 g/mol. The molecule has 10 nitrogen and oxygen atoms in total. The average molecular weight is 659 g/mol. The number of hydrogen-bond acceptors (Lipinski definition) is 7. The van der Waals surface area contributed by atoms with Crippen LogP contribution in [0, 0.1) is 0 Å². The van der Waals surface area contributed by atoms with Crippen molar-refractivity contribution in [3.63, 3.8) is 0 Å². The molecule has 0 aliphatic carbocycles. The van der Waals surface area contributed by atoms with Crippen LogP contribution in [0.2, 0.25) is 0 Å². The van der Waals surface area contributed by atoms with Crippen LogP contribution in [0.15, 0.2) is 45.3 Å². The highest BCUT2D eigenvalue weighted by molar-refractivity contribution is 9.11. The first-order valence-corrected chi connectivity index (χ1v) is 13.8. The molecule has 4 heterocycles. The fourth-order valence-electron chi connectivity index (χ4n) is 6.20. The zero-order valence-electron chi connectivity index (χ0n) is 20.2. The van der Waals surface area contributed by atoms with Gasteiger partial charge in [-0.25, -0.2) is 0 Å². The van der Waals surface area contributed by atoms with Crippen molar-refractivity contribution in [2.45, 2.75) is 30.6 Å². The van der Waals surface area contributed by atoms with Gasteiger partial charge in [-0.3, -0.25) is 14.9 Å². The number of aromatic nitrogens is 2. The summed E-state index contributed by atoms with van der Waals surface area (Å²) in [7, 11) is 1.37. The Labute approximate surface area is 236 Å². The van der Waals surface area contributed by atoms with Gasteiger partial charge >= 0.3 is 0 Å². The summed E-state index contributed by atoms with van der Waals surface area (Å²) in [5, 5.41) is 37.3. The smallest absolute Gasteiger partial charge is 0.259 e. The van der Waals surface area contributed by atoms with Gasteiger partial charge in [0.1, 0.15) is 24.4 Å². The van der Waals surface area contributed by atoms with Crippen molar-refractivity contribution in [2.24, 2.45) is 0 Å². The van der Waals surface area contributed by atoms with Crippen molar-refractivity contribution in [2.75, 3.05) is 13.7 Å². The van der Waals surface area contributed by atoms with Gasteiger partial charge in [0.15, 0.2) is 6.23 Å². The third-order valence-electron chi connectivity index (χ3n) is 7.79. The van der Waals surface area contributed by atoms with Crippen LogP contribution >= 0.6 is 31.9 Å². The Morgan fingerprint density at radius 2 is 1.59 bits per heavy atom. The number of ether oxygens (including phenoxy) is 2. The molecule has 7 rings (SSSR count). The highest BCUT2D eigenvalue weighted by Gasteiger charge is 2.47. The molecule has 5 N–H and O–H groups in total. The number of H-pyrrole nitrogens is 1. The lowest BCUT2D eigenvalue weighted by atomic mass is 9.96. The van der Waals surface area contributed by atoms with E-state index in [0.29, 0.717) is 37.2 Å². The van der Waals surface area contributed by atoms with Crippen LogP contribution in [0.25, 0.3) is 43.6 Å². The number of aromatic amines is 1. The molecule has 12 heteroatoms. The van der Waals surface area contributed by atoms with Crippen molar-refractivity contribution in [3.05, 3.63) is 56.5 Å². The molecule has 0 bridgehead atoms. The molecular weight excluding hydrogens is 638 g/mol. The Morgan fingerprint density at radius 1 is 0.923 bits per heavy atom. The SMILES string of the molecule is CO[C@H]1[C@H](O)[C@@H](O)[C@H](n2c3c(Br)cccc3c3c4c(c5c6cccc(Br)c6[nH]c5c32)C(=O)NC4=O)O[C@@H]1CO. The topological polar surface area (TPSA) is 146 Å². The molecule has 5 aromatic rings. The quantitative estimate of drug-likeness (QED) is 0.187. The number of hydrogen-bond donors (Lipinski definition) is 5. The maximum Gasteiger partial charge on any atom is 0.259 e. The number of aliphatic hydroxyl groups excluding tert-OH is 3. The third-order valence-corrected chi connectivity index (χ3v) is 9.09. The van der Waals surface area contributed by atoms with Gasteiger partial charge in [-0.1, -0.05) is 24.3 Å². The lowest BCUT2D eigenvalue weighted by Gasteiger charge is -2.42. The molecule has 1 fully saturated rings. The Morgan fingerprint density at radius 3 is 2.28 bits per heavy atom. The summed E-state index contributed by atoms with van der Waals surface area (Å²) in [6.45, 7) is -0.460. The van der Waals surface area contributed by atoms with Crippen molar-refractivity contribution in [3.8, 4) is 0 Å². The standard InChI is InChI=1S/C27H21Br2N3O7/c1-38-24-13(8-33)39-27(23(35)22(24)34)32-20-10(5-3-7-12(20)29)15-17-16(25(36)31-26(17)37)14-9-4-2-6-11(28)18(9)30-19(14)21(15)32/h2-7,13,22-24,27,30,33-35H,8H2,1H3,(H,31,36,37)/t13-,22-,23-,24-,27-/m1/s1. The van der Waals surface area contributed by atoms with Gasteiger partial charge in [-0.05, 0) is 44.0 Å². The zero-order chi connectivity index (χ0) is 27.3. The fraction of sp³-hybridized carbons (Fsp3) is 0.259. The average Bonchev–Trinajstić information content (AvgIpc) is 3.56. The predicted molar refractivity (Wildman–Crippen MR) is 150 cm³/mol. The summed E-state index contributed by atoms with van der Waals surface area (Å²) < 4.78 is 14.7. The lowest BCUT2D eigenvalue weighted by Crippen LogP contribution is -2.57. The summed E-state index contributed by atoms with van der Waals surface area (Å²) in [4.78, 5) is 30.0. The lowest BCUT2D eigenvalue weighted by molar-refractivity contribution is -0.255. The number of methoxy groups -OCH3 is 1. The van der Waals surface area contributed by atoms with Crippen molar-refractivity contribution in [1.29, 1.82) is 0 Å². The molecule has 1 saturated heterocycles. The van der Waals surface area contributed by atoms with E-state index in [2.05, 4.69) is 42.2 Å². The molecule has 200 valence electrons. The van der Waals surface area contributed by atoms with E-state index in [4.69, 9.17) is 9.47 Å². The Bertz CT molecular complexity index is 1880. The largest absolute Gasteiger partial charge is 0.394 e. The van der Waals surface area contributed by atoms with Crippen LogP contribution in [-0.2, 0) is 9.47 Å². The number of fused-ring (bicyclic) bond motifs is 10. The molecule has 39 heavy (non-hydrogen) atoms. The van der Waals surface area contributed by atoms with Crippen molar-refractivity contribution >= 4 is 87.3 Å². The number of halogens is 2. The minimum absolute atomic E-state index is 0.226. The first-order valence-electron chi connectivity index (χ1n) is 12.2. The second-order valence-corrected chi connectivity index (χ2v) is 11.4. The molecule has 3 aromatic carbocycles. The van der Waals surface area contributed by atoms with Gasteiger partial charge in [-0.15, -0.1) is 0 Å². The van der Waals surface area contributed by atoms with Crippen LogP contribution in [0.5, 0.6) is 0 Å². The van der Waals surface area contributed by atoms with E-state index >= 15 is 0 Å². The molecule has 5 atom stereocenters. The van der Waals surface area contributed by atoms with E-state index in [9.17, 15) is 24.9 Å². The Kier molecular flexibility index (Phi) is 5.69. The van der Waals surface area contributed by atoms with E-state index in [1.54, 1.807) is 4.57 Å². The van der Waals surface area contributed by atoms with Crippen LogP contribution in [0.1, 0.15) is 26.9 Å². The van der Waals surface area contributed by atoms with Crippen LogP contribution in [0.4, 0.5) is 0 Å². The van der Waals surface area contributed by atoms with Crippen LogP contribution in [-0.4, -0.2) is 74.8 Å². The van der Waals surface area contributed by atoms with E-state index in [1.165, 1.54) is 7.11 Å². The molecule has 2 aromatic heterocycles. The Hall–Kier alpha value is -2.84. The number of carbonyl (C=O) groups excluding carboxylic acids is 2. The van der Waals surface area contributed by atoms with Crippen LogP contribution < -0.4 is 5.32 Å². The third kappa shape index (κ3) is 3.24. The first kappa shape index (κ1) is 25.1. The number of para-hydroxylation sites is 2. The van der Waals surface area contributed by atoms with Gasteiger partial charge in [0, 0.05) is 37.6 Å². The Balaban J connectivity index is 1.71. The van der Waals surface area contributed by atoms with Gasteiger partial charge in [0.2, 0.25) is 0 Å². The minimum Gasteiger partial charge on any atom is -0.394 e. The number of amides is 2. The second kappa shape index (κ2) is 8.83. The maximum absolute atomic E-state index is 13.3. The van der Waals surface area contributed by atoms with Gasteiger partial charge in [0.05, 0.1) is 39.8 Å².